The number of nitrogen functional groups attached to an aromatic ring is 1. The molecule has 0 spiro atoms. The topological polar surface area (TPSA) is 279 Å². The Hall–Kier alpha value is -12.2. The molecule has 27 heteroatoms. The van der Waals surface area contributed by atoms with Crippen molar-refractivity contribution in [2.24, 2.45) is 0 Å². The van der Waals surface area contributed by atoms with Crippen LogP contribution in [0.1, 0.15) is 148 Å². The molecule has 12 aromatic rings. The van der Waals surface area contributed by atoms with Crippen LogP contribution in [-0.4, -0.2) is 115 Å². The Morgan fingerprint density at radius 2 is 0.608 bits per heavy atom. The van der Waals surface area contributed by atoms with Gasteiger partial charge in [0, 0.05) is 185 Å². The molecule has 120 heavy (non-hydrogen) atoms. The molecule has 0 fully saturated rings. The van der Waals surface area contributed by atoms with Crippen LogP contribution in [0.3, 0.4) is 0 Å². The summed E-state index contributed by atoms with van der Waals surface area (Å²) in [5.41, 5.74) is 20.6. The number of anilines is 5. The average Bonchev–Trinajstić information content (AvgIpc) is 0.827. The normalized spacial score (nSPS) is 10.7. The summed E-state index contributed by atoms with van der Waals surface area (Å²) in [7, 11) is 6.79. The van der Waals surface area contributed by atoms with Crippen molar-refractivity contribution in [2.45, 2.75) is 112 Å². The third kappa shape index (κ3) is 25.0. The molecule has 0 radical (unpaired) electrons. The van der Waals surface area contributed by atoms with Gasteiger partial charge in [0.15, 0.2) is 23.1 Å². The highest BCUT2D eigenvalue weighted by Gasteiger charge is 2.21. The minimum absolute atomic E-state index is 0.00730. The van der Waals surface area contributed by atoms with Crippen LogP contribution in [0.5, 0.6) is 0 Å². The fraction of sp³-hybridized carbons (Fsp3) is 0.226. The fourth-order valence-electron chi connectivity index (χ4n) is 12.4. The lowest BCUT2D eigenvalue weighted by Crippen LogP contribution is -2.25. The molecule has 0 aliphatic carbocycles. The average molecular weight is 1710 g/mol. The van der Waals surface area contributed by atoms with E-state index < -0.39 is 5.95 Å². The fourth-order valence-corrected chi connectivity index (χ4v) is 13.8. The van der Waals surface area contributed by atoms with E-state index in [2.05, 4.69) is 39.9 Å². The van der Waals surface area contributed by atoms with E-state index in [0.717, 1.165) is 44.6 Å². The molecule has 12 rings (SSSR count). The number of ketones is 4. The first-order valence-corrected chi connectivity index (χ1v) is 40.5. The number of nitrogens with zero attached hydrogens (tertiary/aromatic N) is 12. The number of carbonyl (C=O) groups excluding carboxylic acids is 8. The van der Waals surface area contributed by atoms with Crippen LogP contribution in [0.2, 0.25) is 25.2 Å². The SMILES string of the molecule is CCC(=O)N(C)c1ccc(-c2ccc(C(=O)CCc3cccnc3C)cn2)cc1Cl.CCC(=O)N(C)c1ccc(-c2ccc(C(=O)CCc3cccnc3Cl)cn2)cc1Cl.CCC(=O)N(C)c1ccc(-c2ccc(C(=O)CCc3cccnc3F)cn2)cc1Cl.CCC(=O)N(C)c1ccc(-c2ccc(C(=O)CCc3cccnc3N)cn2)cc1Cl. The molecule has 0 saturated carbocycles. The van der Waals surface area contributed by atoms with E-state index in [1.165, 1.54) is 27.1 Å². The van der Waals surface area contributed by atoms with Crippen molar-refractivity contribution in [3.05, 3.63) is 301 Å². The molecule has 4 amide bonds. The number of hydrogen-bond acceptors (Lipinski definition) is 17. The molecule has 8 heterocycles. The molecule has 21 nitrogen and oxygen atoms in total. The van der Waals surface area contributed by atoms with E-state index in [-0.39, 0.29) is 59.6 Å². The van der Waals surface area contributed by atoms with Gasteiger partial charge in [-0.25, -0.2) is 15.0 Å². The summed E-state index contributed by atoms with van der Waals surface area (Å²) in [6, 6.07) is 50.3. The van der Waals surface area contributed by atoms with E-state index in [0.29, 0.717) is 169 Å². The molecule has 2 N–H and O–H groups in total. The van der Waals surface area contributed by atoms with Crippen molar-refractivity contribution in [3.63, 3.8) is 0 Å². The Kier molecular flexibility index (Phi) is 34.1. The number of carbonyl (C=O) groups is 8. The largest absolute Gasteiger partial charge is 0.383 e. The van der Waals surface area contributed by atoms with Gasteiger partial charge >= 0.3 is 0 Å². The highest BCUT2D eigenvalue weighted by atomic mass is 35.5. The molecule has 0 atom stereocenters. The van der Waals surface area contributed by atoms with Crippen molar-refractivity contribution >= 4 is 133 Å². The van der Waals surface area contributed by atoms with Gasteiger partial charge in [0.25, 0.3) is 0 Å². The van der Waals surface area contributed by atoms with Gasteiger partial charge in [0.05, 0.1) is 65.6 Å². The van der Waals surface area contributed by atoms with Crippen molar-refractivity contribution in [2.75, 3.05) is 53.5 Å². The van der Waals surface area contributed by atoms with Gasteiger partial charge in [-0.05, 0) is 171 Å². The zero-order valence-electron chi connectivity index (χ0n) is 67.7. The Balaban J connectivity index is 0.000000182. The zero-order valence-corrected chi connectivity index (χ0v) is 71.5. The zero-order chi connectivity index (χ0) is 86.7. The number of hydrogen-bond donors (Lipinski definition) is 1. The molecule has 0 aliphatic heterocycles. The summed E-state index contributed by atoms with van der Waals surface area (Å²) < 4.78 is 13.6. The first kappa shape index (κ1) is 91.7. The molecule has 0 aliphatic rings. The Labute approximate surface area is 722 Å². The van der Waals surface area contributed by atoms with Crippen LogP contribution in [-0.2, 0) is 44.9 Å². The van der Waals surface area contributed by atoms with Crippen LogP contribution in [0.25, 0.3) is 45.0 Å². The van der Waals surface area contributed by atoms with Crippen LogP contribution >= 0.6 is 58.0 Å². The second kappa shape index (κ2) is 44.6. The van der Waals surface area contributed by atoms with Crippen LogP contribution in [0, 0.1) is 12.9 Å². The maximum atomic E-state index is 13.6. The Bertz CT molecular complexity index is 4960. The quantitative estimate of drug-likeness (QED) is 0.0352. The summed E-state index contributed by atoms with van der Waals surface area (Å²) in [6.07, 6.45) is 17.4. The lowest BCUT2D eigenvalue weighted by Gasteiger charge is -2.18. The van der Waals surface area contributed by atoms with Crippen molar-refractivity contribution in [1.29, 1.82) is 0 Å². The van der Waals surface area contributed by atoms with E-state index in [4.69, 9.17) is 63.7 Å². The van der Waals surface area contributed by atoms with Crippen LogP contribution in [0.15, 0.2) is 219 Å². The number of pyridine rings is 8. The Morgan fingerprint density at radius 3 is 0.892 bits per heavy atom. The predicted molar refractivity (Wildman–Crippen MR) is 475 cm³/mol. The minimum atomic E-state index is -0.551. The predicted octanol–water partition coefficient (Wildman–Crippen LogP) is 20.6. The van der Waals surface area contributed by atoms with Gasteiger partial charge in [-0.1, -0.05) is 134 Å². The first-order chi connectivity index (χ1) is 57.6. The molecule has 0 bridgehead atoms. The summed E-state index contributed by atoms with van der Waals surface area (Å²) in [5, 5.41) is 2.27. The highest BCUT2D eigenvalue weighted by molar-refractivity contribution is 6.35. The maximum Gasteiger partial charge on any atom is 0.226 e. The van der Waals surface area contributed by atoms with E-state index >= 15 is 0 Å². The highest BCUT2D eigenvalue weighted by Crippen LogP contribution is 2.36. The lowest BCUT2D eigenvalue weighted by molar-refractivity contribution is -0.118. The maximum absolute atomic E-state index is 13.6. The summed E-state index contributed by atoms with van der Waals surface area (Å²) in [5.74, 6) is -0.264. The van der Waals surface area contributed by atoms with Gasteiger partial charge in [-0.3, -0.25) is 63.3 Å². The van der Waals surface area contributed by atoms with E-state index in [1.807, 2.05) is 74.5 Å². The molecule has 616 valence electrons. The number of halogens is 6. The third-order valence-electron chi connectivity index (χ3n) is 19.7. The summed E-state index contributed by atoms with van der Waals surface area (Å²) in [6.45, 7) is 9.16. The second-order valence-corrected chi connectivity index (χ2v) is 29.5. The Morgan fingerprint density at radius 1 is 0.333 bits per heavy atom. The van der Waals surface area contributed by atoms with Gasteiger partial charge in [0.1, 0.15) is 11.0 Å². The molecule has 8 aromatic heterocycles. The first-order valence-electron chi connectivity index (χ1n) is 38.6. The standard InChI is InChI=1S/C24H24ClN3O2.C23H21Cl2N3O2.C23H21ClFN3O2.C23H23ClN4O2/c1-4-24(30)28(3)22-11-8-18(14-20(22)25)21-10-7-19(15-27-21)23(29)12-9-17-6-5-13-26-16(17)2;3*1-3-22(30)28(2)20-10-7-16(13-18(20)24)19-9-6-17(14-27-19)21(29)11-8-15-5-4-12-26-23(15)25/h5-8,10-11,13-15H,4,9,12H2,1-3H3;2*4-7,9-10,12-14H,3,8,11H2,1-2H3;4-7,9-10,12-14H,3,8,11H2,1-2H3,(H2,25,26). The van der Waals surface area contributed by atoms with Crippen molar-refractivity contribution in [1.82, 2.24) is 39.9 Å². The van der Waals surface area contributed by atoms with Gasteiger partial charge in [-0.15, -0.1) is 0 Å². The number of Topliss-reactive ketones (excluding diaryl/α,β-unsaturated/α-hetero) is 4. The molecule has 0 saturated heterocycles. The molecule has 0 unspecified atom stereocenters. The summed E-state index contributed by atoms with van der Waals surface area (Å²) in [4.78, 5) is 137. The van der Waals surface area contributed by atoms with Crippen LogP contribution in [0.4, 0.5) is 33.0 Å². The van der Waals surface area contributed by atoms with Gasteiger partial charge in [-0.2, -0.15) is 4.39 Å². The van der Waals surface area contributed by atoms with E-state index in [9.17, 15) is 42.7 Å². The second-order valence-electron chi connectivity index (χ2n) is 27.5. The molecule has 4 aromatic carbocycles. The summed E-state index contributed by atoms with van der Waals surface area (Å²) >= 11 is 31.5. The number of nitrogens with two attached hydrogens (primary N) is 1. The smallest absolute Gasteiger partial charge is 0.226 e. The van der Waals surface area contributed by atoms with Crippen molar-refractivity contribution in [3.8, 4) is 45.0 Å². The number of aromatic nitrogens is 8. The number of rotatable bonds is 28. The number of amides is 4. The van der Waals surface area contributed by atoms with Crippen LogP contribution < -0.4 is 25.3 Å². The van der Waals surface area contributed by atoms with E-state index in [1.54, 1.807) is 200 Å². The molecular formula is C93H89Cl5FN13O8. The van der Waals surface area contributed by atoms with Gasteiger partial charge in [0.2, 0.25) is 29.6 Å². The lowest BCUT2D eigenvalue weighted by atomic mass is 10.0. The third-order valence-corrected chi connectivity index (χ3v) is 21.2. The minimum Gasteiger partial charge on any atom is -0.383 e. The monoisotopic (exact) mass is 1710 g/mol. The number of benzene rings is 4. The number of aryl methyl sites for hydroxylation is 5. The van der Waals surface area contributed by atoms with Gasteiger partial charge < -0.3 is 25.3 Å². The molecular weight excluding hydrogens is 1620 g/mol. The van der Waals surface area contributed by atoms with Crippen molar-refractivity contribution < 1.29 is 42.7 Å².